The lowest BCUT2D eigenvalue weighted by Gasteiger charge is -2.15. The van der Waals surface area contributed by atoms with Crippen molar-refractivity contribution in [2.75, 3.05) is 11.6 Å². The highest BCUT2D eigenvalue weighted by Crippen LogP contribution is 2.33. The summed E-state index contributed by atoms with van der Waals surface area (Å²) in [6.07, 6.45) is 2.79. The highest BCUT2D eigenvalue weighted by atomic mass is 32.2. The van der Waals surface area contributed by atoms with Gasteiger partial charge in [-0.1, -0.05) is 30.3 Å². The third-order valence-electron chi connectivity index (χ3n) is 5.64. The van der Waals surface area contributed by atoms with Gasteiger partial charge in [-0.05, 0) is 73.4 Å². The van der Waals surface area contributed by atoms with E-state index < -0.39 is 9.84 Å². The molecule has 0 unspecified atom stereocenters. The minimum atomic E-state index is -3.24. The number of nitrogens with one attached hydrogen (secondary N) is 1. The third-order valence-corrected chi connectivity index (χ3v) is 6.77. The van der Waals surface area contributed by atoms with E-state index >= 15 is 0 Å². The van der Waals surface area contributed by atoms with E-state index in [1.807, 2.05) is 30.3 Å². The predicted octanol–water partition coefficient (Wildman–Crippen LogP) is 5.87. The number of ketones is 1. The topological polar surface area (TPSA) is 76.1 Å². The van der Waals surface area contributed by atoms with Gasteiger partial charge in [-0.3, -0.25) is 9.78 Å². The van der Waals surface area contributed by atoms with E-state index in [4.69, 9.17) is 0 Å². The molecule has 162 valence electrons. The van der Waals surface area contributed by atoms with Crippen LogP contribution in [0.15, 0.2) is 71.8 Å². The first-order valence-corrected chi connectivity index (χ1v) is 12.1. The maximum Gasteiger partial charge on any atom is 0.175 e. The zero-order valence-electron chi connectivity index (χ0n) is 18.4. The van der Waals surface area contributed by atoms with Gasteiger partial charge in [0.2, 0.25) is 0 Å². The van der Waals surface area contributed by atoms with Crippen LogP contribution in [0.2, 0.25) is 0 Å². The highest BCUT2D eigenvalue weighted by Gasteiger charge is 2.14. The van der Waals surface area contributed by atoms with Crippen LogP contribution in [0.4, 0.5) is 11.4 Å². The predicted molar refractivity (Wildman–Crippen MR) is 129 cm³/mol. The van der Waals surface area contributed by atoms with Crippen LogP contribution in [0.5, 0.6) is 0 Å². The van der Waals surface area contributed by atoms with Crippen molar-refractivity contribution in [3.05, 3.63) is 83.6 Å². The van der Waals surface area contributed by atoms with E-state index in [1.165, 1.54) is 18.7 Å². The van der Waals surface area contributed by atoms with E-state index in [-0.39, 0.29) is 10.7 Å². The SMILES string of the molecule is CC(=O)c1cnc2cc(-c3ccc(S(C)(=O)=O)cc3)ccc2c1Nc1ccc(C)c(C)c1. The van der Waals surface area contributed by atoms with Crippen molar-refractivity contribution in [3.8, 4) is 11.1 Å². The minimum absolute atomic E-state index is 0.0637. The smallest absolute Gasteiger partial charge is 0.175 e. The number of aromatic nitrogens is 1. The average molecular weight is 445 g/mol. The van der Waals surface area contributed by atoms with Gasteiger partial charge >= 0.3 is 0 Å². The molecule has 0 aliphatic rings. The second-order valence-corrected chi connectivity index (χ2v) is 10.1. The monoisotopic (exact) mass is 444 g/mol. The summed E-state index contributed by atoms with van der Waals surface area (Å²) in [5, 5.41) is 4.26. The molecule has 1 N–H and O–H groups in total. The molecule has 0 amide bonds. The minimum Gasteiger partial charge on any atom is -0.354 e. The number of hydrogen-bond acceptors (Lipinski definition) is 5. The number of Topliss-reactive ketones (excluding diaryl/α,β-unsaturated/α-hetero) is 1. The fourth-order valence-corrected chi connectivity index (χ4v) is 4.26. The van der Waals surface area contributed by atoms with Crippen LogP contribution in [0.1, 0.15) is 28.4 Å². The van der Waals surface area contributed by atoms with Crippen LogP contribution in [-0.4, -0.2) is 25.4 Å². The molecule has 0 spiro atoms. The first kappa shape index (κ1) is 21.7. The van der Waals surface area contributed by atoms with E-state index in [0.29, 0.717) is 5.56 Å². The molecule has 4 aromatic rings. The molecule has 0 aliphatic heterocycles. The number of carbonyl (C=O) groups excluding carboxylic acids is 1. The number of carbonyl (C=O) groups is 1. The molecule has 0 radical (unpaired) electrons. The van der Waals surface area contributed by atoms with Gasteiger partial charge in [0.05, 0.1) is 21.7 Å². The molecule has 3 aromatic carbocycles. The van der Waals surface area contributed by atoms with Gasteiger partial charge in [-0.25, -0.2) is 8.42 Å². The van der Waals surface area contributed by atoms with Crippen LogP contribution in [0.25, 0.3) is 22.0 Å². The zero-order chi connectivity index (χ0) is 23.0. The Morgan fingerprint density at radius 1 is 0.875 bits per heavy atom. The average Bonchev–Trinajstić information content (AvgIpc) is 2.75. The van der Waals surface area contributed by atoms with Crippen LogP contribution in [-0.2, 0) is 9.84 Å². The standard InChI is InChI=1S/C26H24N2O3S/c1-16-5-9-21(13-17(16)2)28-26-23-12-8-20(14-25(23)27-15-24(26)18(3)29)19-6-10-22(11-7-19)32(4,30)31/h5-15H,1-4H3,(H,27,28). The molecule has 0 fully saturated rings. The highest BCUT2D eigenvalue weighted by molar-refractivity contribution is 7.90. The van der Waals surface area contributed by atoms with Gasteiger partial charge in [-0.2, -0.15) is 0 Å². The van der Waals surface area contributed by atoms with Gasteiger partial charge in [0.1, 0.15) is 0 Å². The summed E-state index contributed by atoms with van der Waals surface area (Å²) in [4.78, 5) is 17.1. The maximum absolute atomic E-state index is 12.3. The number of nitrogens with zero attached hydrogens (tertiary/aromatic N) is 1. The van der Waals surface area contributed by atoms with E-state index in [0.717, 1.165) is 39.0 Å². The number of rotatable bonds is 5. The van der Waals surface area contributed by atoms with Gasteiger partial charge in [0.15, 0.2) is 15.6 Å². The van der Waals surface area contributed by atoms with Crippen molar-refractivity contribution in [1.29, 1.82) is 0 Å². The number of sulfone groups is 1. The molecule has 0 aliphatic carbocycles. The lowest BCUT2D eigenvalue weighted by Crippen LogP contribution is -2.03. The summed E-state index contributed by atoms with van der Waals surface area (Å²) in [6, 6.07) is 18.7. The first-order valence-electron chi connectivity index (χ1n) is 10.2. The van der Waals surface area contributed by atoms with Crippen LogP contribution >= 0.6 is 0 Å². The second-order valence-electron chi connectivity index (χ2n) is 8.06. The van der Waals surface area contributed by atoms with Gasteiger partial charge in [0, 0.05) is 23.5 Å². The summed E-state index contributed by atoms with van der Waals surface area (Å²) in [5.74, 6) is -0.0637. The van der Waals surface area contributed by atoms with Crippen molar-refractivity contribution in [2.24, 2.45) is 0 Å². The third kappa shape index (κ3) is 4.27. The van der Waals surface area contributed by atoms with E-state index in [9.17, 15) is 13.2 Å². The molecule has 1 aromatic heterocycles. The maximum atomic E-state index is 12.3. The fraction of sp³-hybridized carbons (Fsp3) is 0.154. The zero-order valence-corrected chi connectivity index (χ0v) is 19.2. The lowest BCUT2D eigenvalue weighted by atomic mass is 10.0. The Kier molecular flexibility index (Phi) is 5.57. The number of hydrogen-bond donors (Lipinski definition) is 1. The summed E-state index contributed by atoms with van der Waals surface area (Å²) in [5.41, 5.74) is 7.07. The molecular formula is C26H24N2O3S. The second kappa shape index (κ2) is 8.20. The number of fused-ring (bicyclic) bond motifs is 1. The lowest BCUT2D eigenvalue weighted by molar-refractivity contribution is 0.101. The van der Waals surface area contributed by atoms with Crippen molar-refractivity contribution in [1.82, 2.24) is 4.98 Å². The fourth-order valence-electron chi connectivity index (χ4n) is 3.63. The van der Waals surface area contributed by atoms with Crippen LogP contribution in [0, 0.1) is 13.8 Å². The summed E-state index contributed by atoms with van der Waals surface area (Å²) < 4.78 is 23.5. The summed E-state index contributed by atoms with van der Waals surface area (Å²) in [7, 11) is -3.24. The summed E-state index contributed by atoms with van der Waals surface area (Å²) >= 11 is 0. The molecule has 1 heterocycles. The Labute approximate surface area is 188 Å². The molecule has 5 nitrogen and oxygen atoms in total. The van der Waals surface area contributed by atoms with Crippen molar-refractivity contribution < 1.29 is 13.2 Å². The van der Waals surface area contributed by atoms with Gasteiger partial charge < -0.3 is 5.32 Å². The Balaban J connectivity index is 1.80. The largest absolute Gasteiger partial charge is 0.354 e. The van der Waals surface area contributed by atoms with Crippen LogP contribution < -0.4 is 5.32 Å². The van der Waals surface area contributed by atoms with Crippen molar-refractivity contribution in [2.45, 2.75) is 25.7 Å². The van der Waals surface area contributed by atoms with Gasteiger partial charge in [0.25, 0.3) is 0 Å². The molecule has 4 rings (SSSR count). The van der Waals surface area contributed by atoms with Crippen LogP contribution in [0.3, 0.4) is 0 Å². The molecule has 0 saturated heterocycles. The number of pyridine rings is 1. The molecule has 6 heteroatoms. The molecule has 32 heavy (non-hydrogen) atoms. The Morgan fingerprint density at radius 3 is 2.19 bits per heavy atom. The Hall–Kier alpha value is -3.51. The number of anilines is 2. The van der Waals surface area contributed by atoms with Gasteiger partial charge in [-0.15, -0.1) is 0 Å². The first-order chi connectivity index (χ1) is 15.1. The quantitative estimate of drug-likeness (QED) is 0.390. The molecular weight excluding hydrogens is 420 g/mol. The summed E-state index contributed by atoms with van der Waals surface area (Å²) in [6.45, 7) is 5.65. The molecule has 0 atom stereocenters. The number of aryl methyl sites for hydroxylation is 2. The van der Waals surface area contributed by atoms with E-state index in [1.54, 1.807) is 30.5 Å². The molecule has 0 saturated carbocycles. The van der Waals surface area contributed by atoms with E-state index in [2.05, 4.69) is 30.2 Å². The molecule has 0 bridgehead atoms. The number of benzene rings is 3. The van der Waals surface area contributed by atoms with Crippen molar-refractivity contribution in [3.63, 3.8) is 0 Å². The Bertz CT molecular complexity index is 1460. The van der Waals surface area contributed by atoms with Crippen molar-refractivity contribution >= 4 is 37.9 Å². The Morgan fingerprint density at radius 2 is 1.56 bits per heavy atom. The normalized spacial score (nSPS) is 11.5.